The molecule has 2 heteroatoms. The summed E-state index contributed by atoms with van der Waals surface area (Å²) in [6.07, 6.45) is 9.86. The molecule has 0 N–H and O–H groups in total. The molecule has 0 aromatic carbocycles. The second kappa shape index (κ2) is 5.81. The molecule has 2 rings (SSSR count). The van der Waals surface area contributed by atoms with Gasteiger partial charge in [0.05, 0.1) is 0 Å². The summed E-state index contributed by atoms with van der Waals surface area (Å²) in [6.45, 7) is 4.40. The second-order valence-electron chi connectivity index (χ2n) is 5.43. The van der Waals surface area contributed by atoms with Crippen LogP contribution in [0, 0.1) is 5.92 Å². The van der Waals surface area contributed by atoms with E-state index in [1.165, 1.54) is 32.1 Å². The van der Waals surface area contributed by atoms with Crippen LogP contribution in [0.25, 0.3) is 0 Å². The molecule has 2 fully saturated rings. The molecule has 92 valence electrons. The minimum Gasteiger partial charge on any atom is -0.300 e. The van der Waals surface area contributed by atoms with Crippen LogP contribution in [0.3, 0.4) is 0 Å². The van der Waals surface area contributed by atoms with Gasteiger partial charge in [-0.15, -0.1) is 0 Å². The maximum atomic E-state index is 11.8. The molecule has 1 atom stereocenters. The van der Waals surface area contributed by atoms with Gasteiger partial charge in [-0.25, -0.2) is 0 Å². The number of rotatable bonds is 4. The lowest BCUT2D eigenvalue weighted by Gasteiger charge is -2.32. The Labute approximate surface area is 99.4 Å². The average molecular weight is 223 g/mol. The standard InChI is InChI=1S/C14H25NO/c1-2-15(13-8-4-5-9-13)11-12-7-3-6-10-14(12)16/h12-13H,2-11H2,1H3. The molecule has 2 saturated carbocycles. The molecule has 2 aliphatic carbocycles. The van der Waals surface area contributed by atoms with Gasteiger partial charge in [0.25, 0.3) is 0 Å². The molecule has 0 amide bonds. The second-order valence-corrected chi connectivity index (χ2v) is 5.43. The monoisotopic (exact) mass is 223 g/mol. The lowest BCUT2D eigenvalue weighted by Crippen LogP contribution is -2.40. The minimum atomic E-state index is 0.356. The summed E-state index contributed by atoms with van der Waals surface area (Å²) in [6, 6.07) is 0.778. The third kappa shape index (κ3) is 2.85. The summed E-state index contributed by atoms with van der Waals surface area (Å²) in [7, 11) is 0. The topological polar surface area (TPSA) is 20.3 Å². The first-order valence-corrected chi connectivity index (χ1v) is 7.08. The van der Waals surface area contributed by atoms with Gasteiger partial charge < -0.3 is 0 Å². The predicted molar refractivity (Wildman–Crippen MR) is 66.5 cm³/mol. The molecular weight excluding hydrogens is 198 g/mol. The summed E-state index contributed by atoms with van der Waals surface area (Å²) in [5.41, 5.74) is 0. The van der Waals surface area contributed by atoms with Crippen LogP contribution in [-0.4, -0.2) is 29.8 Å². The molecule has 2 aliphatic rings. The summed E-state index contributed by atoms with van der Waals surface area (Å²) in [5.74, 6) is 0.886. The molecule has 0 saturated heterocycles. The third-order valence-corrected chi connectivity index (χ3v) is 4.38. The van der Waals surface area contributed by atoms with Crippen molar-refractivity contribution in [3.8, 4) is 0 Å². The Bertz CT molecular complexity index is 233. The van der Waals surface area contributed by atoms with Crippen molar-refractivity contribution in [3.63, 3.8) is 0 Å². The lowest BCUT2D eigenvalue weighted by atomic mass is 9.87. The molecule has 0 radical (unpaired) electrons. The third-order valence-electron chi connectivity index (χ3n) is 4.38. The van der Waals surface area contributed by atoms with E-state index in [0.29, 0.717) is 11.7 Å². The maximum Gasteiger partial charge on any atom is 0.137 e. The van der Waals surface area contributed by atoms with E-state index in [-0.39, 0.29) is 0 Å². The smallest absolute Gasteiger partial charge is 0.137 e. The number of nitrogens with zero attached hydrogens (tertiary/aromatic N) is 1. The molecule has 0 aromatic rings. The highest BCUT2D eigenvalue weighted by molar-refractivity contribution is 5.81. The maximum absolute atomic E-state index is 11.8. The highest BCUT2D eigenvalue weighted by Gasteiger charge is 2.28. The molecule has 0 spiro atoms. The van der Waals surface area contributed by atoms with Gasteiger partial charge in [0.15, 0.2) is 0 Å². The predicted octanol–water partition coefficient (Wildman–Crippen LogP) is 3.01. The molecule has 0 aromatic heterocycles. The zero-order valence-corrected chi connectivity index (χ0v) is 10.6. The van der Waals surface area contributed by atoms with Crippen LogP contribution in [0.4, 0.5) is 0 Å². The Morgan fingerprint density at radius 1 is 1.12 bits per heavy atom. The number of carbonyl (C=O) groups is 1. The van der Waals surface area contributed by atoms with Crippen LogP contribution in [0.15, 0.2) is 0 Å². The number of Topliss-reactive ketones (excluding diaryl/α,β-unsaturated/α-hetero) is 1. The molecule has 0 bridgehead atoms. The number of hydrogen-bond donors (Lipinski definition) is 0. The van der Waals surface area contributed by atoms with Gasteiger partial charge in [0.1, 0.15) is 5.78 Å². The van der Waals surface area contributed by atoms with Crippen molar-refractivity contribution in [2.75, 3.05) is 13.1 Å². The van der Waals surface area contributed by atoms with Gasteiger partial charge >= 0.3 is 0 Å². The molecule has 0 heterocycles. The molecule has 1 unspecified atom stereocenters. The van der Waals surface area contributed by atoms with Gasteiger partial charge in [-0.1, -0.05) is 26.2 Å². The van der Waals surface area contributed by atoms with Crippen molar-refractivity contribution in [3.05, 3.63) is 0 Å². The van der Waals surface area contributed by atoms with E-state index in [2.05, 4.69) is 11.8 Å². The van der Waals surface area contributed by atoms with Gasteiger partial charge in [0, 0.05) is 24.9 Å². The van der Waals surface area contributed by atoms with E-state index in [9.17, 15) is 4.79 Å². The van der Waals surface area contributed by atoms with Gasteiger partial charge in [-0.05, 0) is 32.2 Å². The fourth-order valence-corrected chi connectivity index (χ4v) is 3.34. The zero-order chi connectivity index (χ0) is 11.4. The van der Waals surface area contributed by atoms with E-state index < -0.39 is 0 Å². The SMILES string of the molecule is CCN(CC1CCCCC1=O)C1CCCC1. The Hall–Kier alpha value is -0.370. The average Bonchev–Trinajstić information content (AvgIpc) is 2.81. The number of carbonyl (C=O) groups excluding carboxylic acids is 1. The molecular formula is C14H25NO. The highest BCUT2D eigenvalue weighted by atomic mass is 16.1. The van der Waals surface area contributed by atoms with Crippen molar-refractivity contribution in [1.82, 2.24) is 4.90 Å². The Morgan fingerprint density at radius 2 is 1.81 bits per heavy atom. The first kappa shape index (κ1) is 12.1. The normalized spacial score (nSPS) is 27.9. The first-order chi connectivity index (χ1) is 7.81. The fraction of sp³-hybridized carbons (Fsp3) is 0.929. The fourth-order valence-electron chi connectivity index (χ4n) is 3.34. The van der Waals surface area contributed by atoms with E-state index in [0.717, 1.165) is 38.4 Å². The summed E-state index contributed by atoms with van der Waals surface area (Å²) in [5, 5.41) is 0. The molecule has 2 nitrogen and oxygen atoms in total. The molecule has 0 aliphatic heterocycles. The Kier molecular flexibility index (Phi) is 4.39. The highest BCUT2D eigenvalue weighted by Crippen LogP contribution is 2.27. The van der Waals surface area contributed by atoms with Gasteiger partial charge in [0.2, 0.25) is 0 Å². The van der Waals surface area contributed by atoms with Gasteiger partial charge in [-0.2, -0.15) is 0 Å². The van der Waals surface area contributed by atoms with Crippen LogP contribution < -0.4 is 0 Å². The number of hydrogen-bond acceptors (Lipinski definition) is 2. The summed E-state index contributed by atoms with van der Waals surface area (Å²) in [4.78, 5) is 14.4. The van der Waals surface area contributed by atoms with Crippen molar-refractivity contribution in [2.24, 2.45) is 5.92 Å². The van der Waals surface area contributed by atoms with Gasteiger partial charge in [-0.3, -0.25) is 9.69 Å². The van der Waals surface area contributed by atoms with Crippen molar-refractivity contribution >= 4 is 5.78 Å². The van der Waals surface area contributed by atoms with Crippen LogP contribution in [0.5, 0.6) is 0 Å². The van der Waals surface area contributed by atoms with Crippen LogP contribution in [0.2, 0.25) is 0 Å². The first-order valence-electron chi connectivity index (χ1n) is 7.08. The van der Waals surface area contributed by atoms with Crippen molar-refractivity contribution < 1.29 is 4.79 Å². The van der Waals surface area contributed by atoms with E-state index in [4.69, 9.17) is 0 Å². The quantitative estimate of drug-likeness (QED) is 0.730. The largest absolute Gasteiger partial charge is 0.300 e. The van der Waals surface area contributed by atoms with Crippen LogP contribution >= 0.6 is 0 Å². The lowest BCUT2D eigenvalue weighted by molar-refractivity contribution is -0.125. The summed E-state index contributed by atoms with van der Waals surface area (Å²) < 4.78 is 0. The summed E-state index contributed by atoms with van der Waals surface area (Å²) >= 11 is 0. The minimum absolute atomic E-state index is 0.356. The van der Waals surface area contributed by atoms with Crippen molar-refractivity contribution in [1.29, 1.82) is 0 Å². The van der Waals surface area contributed by atoms with Crippen LogP contribution in [0.1, 0.15) is 58.3 Å². The van der Waals surface area contributed by atoms with Crippen LogP contribution in [-0.2, 0) is 4.79 Å². The zero-order valence-electron chi connectivity index (χ0n) is 10.6. The van der Waals surface area contributed by atoms with E-state index in [1.807, 2.05) is 0 Å². The van der Waals surface area contributed by atoms with E-state index >= 15 is 0 Å². The number of ketones is 1. The Morgan fingerprint density at radius 3 is 2.44 bits per heavy atom. The molecule has 16 heavy (non-hydrogen) atoms. The van der Waals surface area contributed by atoms with E-state index in [1.54, 1.807) is 0 Å². The Balaban J connectivity index is 1.87. The van der Waals surface area contributed by atoms with Crippen molar-refractivity contribution in [2.45, 2.75) is 64.3 Å².